The molecular weight excluding hydrogens is 518 g/mol. The zero-order valence-corrected chi connectivity index (χ0v) is 23.2. The number of nitrogens with two attached hydrogens (primary N) is 1. The molecule has 0 saturated carbocycles. The zero-order chi connectivity index (χ0) is 27.9. The highest BCUT2D eigenvalue weighted by atomic mass is 35.5. The van der Waals surface area contributed by atoms with Crippen LogP contribution in [0, 0.1) is 12.3 Å². The second-order valence-electron chi connectivity index (χ2n) is 10.9. The predicted molar refractivity (Wildman–Crippen MR) is 150 cm³/mol. The number of fused-ring (bicyclic) bond motifs is 1. The van der Waals surface area contributed by atoms with Crippen LogP contribution >= 0.6 is 11.6 Å². The number of hydrogen-bond donors (Lipinski definition) is 2. The van der Waals surface area contributed by atoms with Crippen molar-refractivity contribution in [2.24, 2.45) is 11.1 Å². The largest absolute Gasteiger partial charge is 0.460 e. The number of amides is 1. The van der Waals surface area contributed by atoms with Gasteiger partial charge in [-0.2, -0.15) is 9.97 Å². The quantitative estimate of drug-likeness (QED) is 0.352. The van der Waals surface area contributed by atoms with Gasteiger partial charge >= 0.3 is 6.01 Å². The number of halogens is 1. The number of aryl methyl sites for hydroxylation is 1. The Labute approximate surface area is 231 Å². The van der Waals surface area contributed by atoms with Crippen LogP contribution in [0.15, 0.2) is 42.6 Å². The molecule has 1 fully saturated rings. The molecule has 4 heterocycles. The number of pyridine rings is 1. The lowest BCUT2D eigenvalue weighted by Gasteiger charge is -2.37. The first-order valence-electron chi connectivity index (χ1n) is 12.8. The van der Waals surface area contributed by atoms with Crippen LogP contribution < -0.4 is 15.4 Å². The number of rotatable bonds is 7. The van der Waals surface area contributed by atoms with Crippen LogP contribution in [0.4, 0.5) is 5.82 Å². The second kappa shape index (κ2) is 10.1. The van der Waals surface area contributed by atoms with Crippen LogP contribution in [0.2, 0.25) is 5.02 Å². The van der Waals surface area contributed by atoms with E-state index >= 15 is 0 Å². The minimum atomic E-state index is -1.08. The Bertz CT molecular complexity index is 1520. The molecule has 1 amide bonds. The van der Waals surface area contributed by atoms with Crippen molar-refractivity contribution in [1.29, 1.82) is 0 Å². The van der Waals surface area contributed by atoms with E-state index in [0.29, 0.717) is 53.8 Å². The molecule has 0 bridgehead atoms. The van der Waals surface area contributed by atoms with Crippen LogP contribution in [0.25, 0.3) is 28.2 Å². The number of aromatic nitrogens is 5. The number of benzene rings is 1. The van der Waals surface area contributed by atoms with Crippen LogP contribution in [0.3, 0.4) is 0 Å². The van der Waals surface area contributed by atoms with Crippen molar-refractivity contribution in [1.82, 2.24) is 24.5 Å². The maximum atomic E-state index is 12.1. The molecule has 0 aliphatic carbocycles. The van der Waals surface area contributed by atoms with E-state index in [0.717, 1.165) is 16.9 Å². The highest BCUT2D eigenvalue weighted by Crippen LogP contribution is 2.37. The number of piperidine rings is 1. The molecule has 10 nitrogen and oxygen atoms in total. The number of primary amides is 1. The summed E-state index contributed by atoms with van der Waals surface area (Å²) in [5, 5.41) is 10.9. The second-order valence-corrected chi connectivity index (χ2v) is 11.3. The summed E-state index contributed by atoms with van der Waals surface area (Å²) in [6.45, 7) is 8.27. The molecule has 1 aromatic carbocycles. The van der Waals surface area contributed by atoms with E-state index < -0.39 is 11.0 Å². The third-order valence-corrected chi connectivity index (χ3v) is 7.37. The van der Waals surface area contributed by atoms with E-state index in [1.54, 1.807) is 20.0 Å². The molecule has 3 N–H and O–H groups in total. The van der Waals surface area contributed by atoms with Gasteiger partial charge < -0.3 is 20.5 Å². The molecule has 3 aromatic heterocycles. The molecule has 11 heteroatoms. The lowest BCUT2D eigenvalue weighted by Crippen LogP contribution is -2.45. The van der Waals surface area contributed by atoms with Crippen molar-refractivity contribution in [2.45, 2.75) is 46.1 Å². The normalized spacial score (nSPS) is 15.5. The van der Waals surface area contributed by atoms with Crippen molar-refractivity contribution in [3.8, 4) is 23.1 Å². The van der Waals surface area contributed by atoms with Crippen molar-refractivity contribution in [2.75, 3.05) is 24.6 Å². The minimum absolute atomic E-state index is 0.00134. The number of anilines is 1. The van der Waals surface area contributed by atoms with Gasteiger partial charge in [-0.3, -0.25) is 14.3 Å². The maximum absolute atomic E-state index is 12.1. The first-order valence-corrected chi connectivity index (χ1v) is 13.2. The van der Waals surface area contributed by atoms with E-state index in [1.807, 2.05) is 54.8 Å². The van der Waals surface area contributed by atoms with Gasteiger partial charge in [0.05, 0.1) is 5.60 Å². The number of imidazole rings is 1. The Morgan fingerprint density at radius 1 is 1.15 bits per heavy atom. The van der Waals surface area contributed by atoms with E-state index in [1.165, 1.54) is 0 Å². The van der Waals surface area contributed by atoms with Crippen LogP contribution in [-0.2, 0) is 4.79 Å². The Morgan fingerprint density at radius 3 is 2.46 bits per heavy atom. The minimum Gasteiger partial charge on any atom is -0.460 e. The number of carbonyl (C=O) groups excluding carboxylic acids is 1. The Morgan fingerprint density at radius 2 is 1.85 bits per heavy atom. The summed E-state index contributed by atoms with van der Waals surface area (Å²) in [6.07, 6.45) is 2.91. The van der Waals surface area contributed by atoms with E-state index in [-0.39, 0.29) is 18.5 Å². The summed E-state index contributed by atoms with van der Waals surface area (Å²) in [5.41, 5.74) is 7.62. The topological polar surface area (TPSA) is 132 Å². The van der Waals surface area contributed by atoms with E-state index in [2.05, 4.69) is 9.88 Å². The fraction of sp³-hybridized carbons (Fsp3) is 0.393. The summed E-state index contributed by atoms with van der Waals surface area (Å²) < 4.78 is 7.83. The van der Waals surface area contributed by atoms with Gasteiger partial charge in [0.25, 0.3) is 0 Å². The summed E-state index contributed by atoms with van der Waals surface area (Å²) in [5.74, 6) is 0.936. The smallest absolute Gasteiger partial charge is 0.320 e. The highest BCUT2D eigenvalue weighted by molar-refractivity contribution is 6.30. The van der Waals surface area contributed by atoms with Gasteiger partial charge in [-0.1, -0.05) is 18.5 Å². The standard InChI is InChI=1S/C28H32ClN7O3/c1-17-20(6-5-13-31-17)22-32-21-23(35-14-11-28(4,12-15-35)25(30)37)33-26(39-16-27(2,3)38)34-24(21)36(22)19-9-7-18(29)8-10-19/h5-10,13,38H,11-12,14-16H2,1-4H3,(H2,30,37). The van der Waals surface area contributed by atoms with Gasteiger partial charge in [-0.15, -0.1) is 0 Å². The number of aliphatic hydroxyl groups is 1. The van der Waals surface area contributed by atoms with E-state index in [9.17, 15) is 9.90 Å². The molecule has 0 unspecified atom stereocenters. The fourth-order valence-corrected chi connectivity index (χ4v) is 4.77. The molecule has 4 aromatic rings. The molecule has 0 atom stereocenters. The van der Waals surface area contributed by atoms with Crippen LogP contribution in [0.1, 0.15) is 39.3 Å². The van der Waals surface area contributed by atoms with Crippen molar-refractivity contribution >= 4 is 34.5 Å². The SMILES string of the molecule is Cc1ncccc1-c1nc2c(N3CCC(C)(C(N)=O)CC3)nc(OCC(C)(C)O)nc2n1-c1ccc(Cl)cc1. The number of hydrogen-bond acceptors (Lipinski definition) is 8. The van der Waals surface area contributed by atoms with Crippen LogP contribution in [-0.4, -0.2) is 60.8 Å². The summed E-state index contributed by atoms with van der Waals surface area (Å²) in [6, 6.07) is 11.4. The van der Waals surface area contributed by atoms with Gasteiger partial charge in [-0.25, -0.2) is 4.98 Å². The van der Waals surface area contributed by atoms with Crippen molar-refractivity contribution < 1.29 is 14.6 Å². The first-order chi connectivity index (χ1) is 18.4. The number of carbonyl (C=O) groups is 1. The Kier molecular flexibility index (Phi) is 6.94. The van der Waals surface area contributed by atoms with Gasteiger partial charge in [0, 0.05) is 46.7 Å². The molecule has 0 radical (unpaired) electrons. The zero-order valence-electron chi connectivity index (χ0n) is 22.5. The molecule has 39 heavy (non-hydrogen) atoms. The third kappa shape index (κ3) is 5.39. The molecular formula is C28H32ClN7O3. The van der Waals surface area contributed by atoms with Crippen molar-refractivity contribution in [3.05, 3.63) is 53.3 Å². The Hall–Kier alpha value is -3.76. The molecule has 1 aliphatic heterocycles. The summed E-state index contributed by atoms with van der Waals surface area (Å²) in [7, 11) is 0. The molecule has 1 aliphatic rings. The first kappa shape index (κ1) is 26.8. The Balaban J connectivity index is 1.73. The fourth-order valence-electron chi connectivity index (χ4n) is 4.64. The molecule has 5 rings (SSSR count). The summed E-state index contributed by atoms with van der Waals surface area (Å²) >= 11 is 6.21. The number of nitrogens with zero attached hydrogens (tertiary/aromatic N) is 6. The monoisotopic (exact) mass is 549 g/mol. The van der Waals surface area contributed by atoms with E-state index in [4.69, 9.17) is 37.0 Å². The predicted octanol–water partition coefficient (Wildman–Crippen LogP) is 4.08. The van der Waals surface area contributed by atoms with Gasteiger partial charge in [0.15, 0.2) is 17.0 Å². The highest BCUT2D eigenvalue weighted by Gasteiger charge is 2.37. The third-order valence-electron chi connectivity index (χ3n) is 7.12. The number of ether oxygens (including phenoxy) is 1. The maximum Gasteiger partial charge on any atom is 0.320 e. The molecule has 204 valence electrons. The van der Waals surface area contributed by atoms with Gasteiger partial charge in [0.1, 0.15) is 12.4 Å². The lowest BCUT2D eigenvalue weighted by atomic mass is 9.80. The average Bonchev–Trinajstić information content (AvgIpc) is 3.27. The summed E-state index contributed by atoms with van der Waals surface area (Å²) in [4.78, 5) is 33.2. The molecule has 1 saturated heterocycles. The van der Waals surface area contributed by atoms with Gasteiger partial charge in [-0.05, 0) is 70.0 Å². The molecule has 0 spiro atoms. The van der Waals surface area contributed by atoms with Gasteiger partial charge in [0.2, 0.25) is 5.91 Å². The van der Waals surface area contributed by atoms with Crippen LogP contribution in [0.5, 0.6) is 6.01 Å². The lowest BCUT2D eigenvalue weighted by molar-refractivity contribution is -0.127. The average molecular weight is 550 g/mol. The van der Waals surface area contributed by atoms with Crippen molar-refractivity contribution in [3.63, 3.8) is 0 Å².